The lowest BCUT2D eigenvalue weighted by Crippen LogP contribution is -2.41. The molecule has 2 aliphatic rings. The molecule has 1 atom stereocenters. The SMILES string of the molecule is C[C@@H](NS(=O)(=O)c1ccc2c(c1)CCN(C(=O)C1CCC1)C2)c1ccccc1. The molecule has 1 heterocycles. The molecular weight excluding hydrogens is 372 g/mol. The van der Waals surface area contributed by atoms with E-state index in [-0.39, 0.29) is 22.8 Å². The van der Waals surface area contributed by atoms with Crippen molar-refractivity contribution in [1.82, 2.24) is 9.62 Å². The number of nitrogens with zero attached hydrogens (tertiary/aromatic N) is 1. The standard InChI is InChI=1S/C22H26N2O3S/c1-16(17-6-3-2-4-7-17)23-28(26,27)21-11-10-20-15-24(13-12-19(20)14-21)22(25)18-8-5-9-18/h2-4,6-7,10-11,14,16,18,23H,5,8-9,12-13,15H2,1H3/t16-/m1/s1. The second-order valence-corrected chi connectivity index (χ2v) is 9.54. The first-order valence-electron chi connectivity index (χ1n) is 9.92. The van der Waals surface area contributed by atoms with Crippen molar-refractivity contribution in [2.45, 2.75) is 50.1 Å². The number of benzene rings is 2. The summed E-state index contributed by atoms with van der Waals surface area (Å²) in [5.41, 5.74) is 3.00. The highest BCUT2D eigenvalue weighted by molar-refractivity contribution is 7.89. The maximum atomic E-state index is 12.8. The molecule has 6 heteroatoms. The molecule has 148 valence electrons. The first kappa shape index (κ1) is 19.2. The molecule has 0 saturated heterocycles. The van der Waals surface area contributed by atoms with Crippen molar-refractivity contribution in [1.29, 1.82) is 0 Å². The van der Waals surface area contributed by atoms with Crippen LogP contribution >= 0.6 is 0 Å². The summed E-state index contributed by atoms with van der Waals surface area (Å²) in [5.74, 6) is 0.455. The van der Waals surface area contributed by atoms with Crippen molar-refractivity contribution in [2.24, 2.45) is 5.92 Å². The zero-order valence-electron chi connectivity index (χ0n) is 16.1. The number of rotatable bonds is 5. The molecular formula is C22H26N2O3S. The van der Waals surface area contributed by atoms with E-state index in [1.807, 2.05) is 48.2 Å². The first-order chi connectivity index (χ1) is 13.4. The average Bonchev–Trinajstić information content (AvgIpc) is 2.66. The number of nitrogens with one attached hydrogen (secondary N) is 1. The number of amides is 1. The number of hydrogen-bond donors (Lipinski definition) is 1. The second kappa shape index (κ2) is 7.68. The van der Waals surface area contributed by atoms with Crippen LogP contribution < -0.4 is 4.72 Å². The smallest absolute Gasteiger partial charge is 0.241 e. The van der Waals surface area contributed by atoms with Gasteiger partial charge in [-0.05, 0) is 55.0 Å². The predicted molar refractivity (Wildman–Crippen MR) is 108 cm³/mol. The minimum atomic E-state index is -3.61. The summed E-state index contributed by atoms with van der Waals surface area (Å²) >= 11 is 0. The Morgan fingerprint density at radius 3 is 2.54 bits per heavy atom. The van der Waals surface area contributed by atoms with Crippen LogP contribution in [0.25, 0.3) is 0 Å². The van der Waals surface area contributed by atoms with E-state index in [0.717, 1.165) is 36.0 Å². The molecule has 2 aromatic carbocycles. The third-order valence-corrected chi connectivity index (χ3v) is 7.44. The largest absolute Gasteiger partial charge is 0.338 e. The molecule has 0 unspecified atom stereocenters. The van der Waals surface area contributed by atoms with Gasteiger partial charge in [0.15, 0.2) is 0 Å². The number of fused-ring (bicyclic) bond motifs is 1. The highest BCUT2D eigenvalue weighted by atomic mass is 32.2. The highest BCUT2D eigenvalue weighted by Crippen LogP contribution is 2.31. The Labute approximate surface area is 166 Å². The molecule has 2 aromatic rings. The maximum absolute atomic E-state index is 12.8. The van der Waals surface area contributed by atoms with Crippen LogP contribution in [-0.4, -0.2) is 25.8 Å². The molecule has 5 nitrogen and oxygen atoms in total. The number of sulfonamides is 1. The summed E-state index contributed by atoms with van der Waals surface area (Å²) in [5, 5.41) is 0. The van der Waals surface area contributed by atoms with Gasteiger partial charge >= 0.3 is 0 Å². The molecule has 1 saturated carbocycles. The van der Waals surface area contributed by atoms with Crippen LogP contribution in [0.4, 0.5) is 0 Å². The van der Waals surface area contributed by atoms with Gasteiger partial charge in [0.2, 0.25) is 15.9 Å². The lowest BCUT2D eigenvalue weighted by Gasteiger charge is -2.35. The van der Waals surface area contributed by atoms with E-state index in [0.29, 0.717) is 19.5 Å². The van der Waals surface area contributed by atoms with Gasteiger partial charge in [-0.25, -0.2) is 13.1 Å². The van der Waals surface area contributed by atoms with Gasteiger partial charge < -0.3 is 4.90 Å². The highest BCUT2D eigenvalue weighted by Gasteiger charge is 2.31. The molecule has 4 rings (SSSR count). The van der Waals surface area contributed by atoms with E-state index in [4.69, 9.17) is 0 Å². The fourth-order valence-corrected chi connectivity index (χ4v) is 5.19. The van der Waals surface area contributed by atoms with Crippen molar-refractivity contribution < 1.29 is 13.2 Å². The van der Waals surface area contributed by atoms with E-state index in [2.05, 4.69) is 4.72 Å². The Hall–Kier alpha value is -2.18. The maximum Gasteiger partial charge on any atom is 0.241 e. The molecule has 0 bridgehead atoms. The van der Waals surface area contributed by atoms with Crippen LogP contribution in [0.1, 0.15) is 48.9 Å². The summed E-state index contributed by atoms with van der Waals surface area (Å²) < 4.78 is 28.4. The topological polar surface area (TPSA) is 66.5 Å². The van der Waals surface area contributed by atoms with Crippen LogP contribution in [0.15, 0.2) is 53.4 Å². The monoisotopic (exact) mass is 398 g/mol. The molecule has 28 heavy (non-hydrogen) atoms. The van der Waals surface area contributed by atoms with Crippen LogP contribution in [0.2, 0.25) is 0 Å². The van der Waals surface area contributed by atoms with Gasteiger partial charge in [0, 0.05) is 25.0 Å². The van der Waals surface area contributed by atoms with Crippen molar-refractivity contribution >= 4 is 15.9 Å². The Balaban J connectivity index is 1.48. The third kappa shape index (κ3) is 3.84. The molecule has 1 amide bonds. The van der Waals surface area contributed by atoms with Crippen molar-refractivity contribution in [3.05, 3.63) is 65.2 Å². The van der Waals surface area contributed by atoms with Crippen LogP contribution in [0.5, 0.6) is 0 Å². The third-order valence-electron chi connectivity index (χ3n) is 5.90. The van der Waals surface area contributed by atoms with Gasteiger partial charge in [-0.15, -0.1) is 0 Å². The fourth-order valence-electron chi connectivity index (χ4n) is 3.91. The van der Waals surface area contributed by atoms with Crippen molar-refractivity contribution in [2.75, 3.05) is 6.54 Å². The van der Waals surface area contributed by atoms with Crippen molar-refractivity contribution in [3.8, 4) is 0 Å². The van der Waals surface area contributed by atoms with Gasteiger partial charge in [0.05, 0.1) is 4.90 Å². The molecule has 1 fully saturated rings. The summed E-state index contributed by atoms with van der Waals surface area (Å²) in [7, 11) is -3.61. The zero-order valence-corrected chi connectivity index (χ0v) is 16.9. The second-order valence-electron chi connectivity index (χ2n) is 7.82. The molecule has 1 aliphatic heterocycles. The van der Waals surface area contributed by atoms with Crippen LogP contribution in [-0.2, 0) is 27.8 Å². The Morgan fingerprint density at radius 1 is 1.11 bits per heavy atom. The molecule has 0 spiro atoms. The Morgan fingerprint density at radius 2 is 1.86 bits per heavy atom. The summed E-state index contributed by atoms with van der Waals surface area (Å²) in [6.45, 7) is 3.09. The van der Waals surface area contributed by atoms with E-state index in [1.165, 1.54) is 0 Å². The van der Waals surface area contributed by atoms with E-state index in [1.54, 1.807) is 12.1 Å². The van der Waals surface area contributed by atoms with Gasteiger partial charge in [-0.2, -0.15) is 0 Å². The lowest BCUT2D eigenvalue weighted by molar-refractivity contribution is -0.139. The van der Waals surface area contributed by atoms with E-state index >= 15 is 0 Å². The normalized spacial score (nSPS) is 18.2. The summed E-state index contributed by atoms with van der Waals surface area (Å²) in [6.07, 6.45) is 3.86. The summed E-state index contributed by atoms with van der Waals surface area (Å²) in [4.78, 5) is 14.7. The lowest BCUT2D eigenvalue weighted by atomic mass is 9.84. The van der Waals surface area contributed by atoms with Gasteiger partial charge in [0.1, 0.15) is 0 Å². The number of carbonyl (C=O) groups excluding carboxylic acids is 1. The van der Waals surface area contributed by atoms with E-state index < -0.39 is 10.0 Å². The number of carbonyl (C=O) groups is 1. The van der Waals surface area contributed by atoms with Gasteiger partial charge in [-0.1, -0.05) is 42.8 Å². The fraction of sp³-hybridized carbons (Fsp3) is 0.409. The van der Waals surface area contributed by atoms with Crippen LogP contribution in [0, 0.1) is 5.92 Å². The average molecular weight is 399 g/mol. The first-order valence-corrected chi connectivity index (χ1v) is 11.4. The van der Waals surface area contributed by atoms with Crippen LogP contribution in [0.3, 0.4) is 0 Å². The predicted octanol–water partition coefficient (Wildman–Crippen LogP) is 3.41. The van der Waals surface area contributed by atoms with E-state index in [9.17, 15) is 13.2 Å². The van der Waals surface area contributed by atoms with Gasteiger partial charge in [-0.3, -0.25) is 4.79 Å². The quantitative estimate of drug-likeness (QED) is 0.839. The van der Waals surface area contributed by atoms with Crippen molar-refractivity contribution in [3.63, 3.8) is 0 Å². The Bertz CT molecular complexity index is 969. The minimum absolute atomic E-state index is 0.199. The molecule has 1 aliphatic carbocycles. The summed E-state index contributed by atoms with van der Waals surface area (Å²) in [6, 6.07) is 14.5. The molecule has 0 radical (unpaired) electrons. The zero-order chi connectivity index (χ0) is 19.7. The van der Waals surface area contributed by atoms with Gasteiger partial charge in [0.25, 0.3) is 0 Å². The molecule has 1 N–H and O–H groups in total. The number of hydrogen-bond acceptors (Lipinski definition) is 3. The molecule has 0 aromatic heterocycles. The minimum Gasteiger partial charge on any atom is -0.338 e. The Kier molecular flexibility index (Phi) is 5.25.